The van der Waals surface area contributed by atoms with Crippen molar-refractivity contribution in [3.05, 3.63) is 36.0 Å². The highest BCUT2D eigenvalue weighted by Gasteiger charge is 2.40. The van der Waals surface area contributed by atoms with Crippen molar-refractivity contribution in [1.82, 2.24) is 14.8 Å². The molecule has 2 unspecified atom stereocenters. The van der Waals surface area contributed by atoms with Crippen LogP contribution in [0.2, 0.25) is 0 Å². The van der Waals surface area contributed by atoms with Crippen LogP contribution in [0.4, 0.5) is 0 Å². The van der Waals surface area contributed by atoms with Gasteiger partial charge in [0.1, 0.15) is 0 Å². The van der Waals surface area contributed by atoms with Crippen LogP contribution in [0, 0.1) is 11.8 Å². The highest BCUT2D eigenvalue weighted by molar-refractivity contribution is 5.98. The summed E-state index contributed by atoms with van der Waals surface area (Å²) in [5.41, 5.74) is 1.74. The van der Waals surface area contributed by atoms with Crippen molar-refractivity contribution in [2.24, 2.45) is 11.8 Å². The summed E-state index contributed by atoms with van der Waals surface area (Å²) in [6.07, 6.45) is 7.31. The first-order valence-corrected chi connectivity index (χ1v) is 9.86. The van der Waals surface area contributed by atoms with E-state index in [2.05, 4.69) is 9.88 Å². The summed E-state index contributed by atoms with van der Waals surface area (Å²) in [5.74, 6) is 1.09. The van der Waals surface area contributed by atoms with Gasteiger partial charge in [-0.15, -0.1) is 0 Å². The Bertz CT molecular complexity index is 854. The fourth-order valence-electron chi connectivity index (χ4n) is 4.77. The van der Waals surface area contributed by atoms with E-state index in [-0.39, 0.29) is 17.9 Å². The molecule has 1 aromatic carbocycles. The van der Waals surface area contributed by atoms with Crippen LogP contribution in [0.1, 0.15) is 42.5 Å². The van der Waals surface area contributed by atoms with Crippen molar-refractivity contribution in [2.45, 2.75) is 38.1 Å². The summed E-state index contributed by atoms with van der Waals surface area (Å²) >= 11 is 0. The van der Waals surface area contributed by atoms with E-state index in [4.69, 9.17) is 0 Å². The third-order valence-electron chi connectivity index (χ3n) is 6.54. The zero-order chi connectivity index (χ0) is 17.7. The van der Waals surface area contributed by atoms with Crippen LogP contribution >= 0.6 is 0 Å². The fraction of sp³-hybridized carbons (Fsp3) is 0.524. The molecule has 1 aliphatic carbocycles. The Morgan fingerprint density at radius 3 is 2.69 bits per heavy atom. The predicted molar refractivity (Wildman–Crippen MR) is 99.8 cm³/mol. The number of hydrogen-bond acceptors (Lipinski definition) is 2. The largest absolute Gasteiger partial charge is 0.361 e. The van der Waals surface area contributed by atoms with E-state index in [9.17, 15) is 9.59 Å². The second-order valence-electron chi connectivity index (χ2n) is 8.21. The van der Waals surface area contributed by atoms with E-state index >= 15 is 0 Å². The van der Waals surface area contributed by atoms with E-state index in [0.29, 0.717) is 18.4 Å². The van der Waals surface area contributed by atoms with Gasteiger partial charge in [-0.3, -0.25) is 9.59 Å². The number of aromatic amines is 1. The zero-order valence-corrected chi connectivity index (χ0v) is 15.0. The second kappa shape index (κ2) is 6.15. The molecule has 0 radical (unpaired) electrons. The minimum Gasteiger partial charge on any atom is -0.361 e. The third kappa shape index (κ3) is 2.61. The number of rotatable bonds is 2. The van der Waals surface area contributed by atoms with Crippen LogP contribution in [0.15, 0.2) is 30.5 Å². The number of hydrogen-bond donors (Lipinski definition) is 1. The average molecular weight is 351 g/mol. The Labute approximate surface area is 153 Å². The Balaban J connectivity index is 1.37. The summed E-state index contributed by atoms with van der Waals surface area (Å²) in [4.78, 5) is 33.2. The number of nitrogens with one attached hydrogen (secondary N) is 1. The van der Waals surface area contributed by atoms with Crippen LogP contribution in [-0.2, 0) is 4.79 Å². The van der Waals surface area contributed by atoms with Crippen molar-refractivity contribution in [3.8, 4) is 0 Å². The third-order valence-corrected chi connectivity index (χ3v) is 6.54. The van der Waals surface area contributed by atoms with Crippen molar-refractivity contribution in [2.75, 3.05) is 19.6 Å². The molecule has 2 aromatic rings. The first-order valence-electron chi connectivity index (χ1n) is 9.86. The van der Waals surface area contributed by atoms with Gasteiger partial charge in [-0.05, 0) is 55.2 Å². The van der Waals surface area contributed by atoms with Gasteiger partial charge < -0.3 is 14.8 Å². The Morgan fingerprint density at radius 2 is 1.88 bits per heavy atom. The van der Waals surface area contributed by atoms with E-state index in [1.54, 1.807) is 0 Å². The maximum Gasteiger partial charge on any atom is 0.254 e. The van der Waals surface area contributed by atoms with Crippen LogP contribution in [0.25, 0.3) is 10.9 Å². The smallest absolute Gasteiger partial charge is 0.254 e. The lowest BCUT2D eigenvalue weighted by atomic mass is 9.84. The molecule has 4 aliphatic rings. The minimum absolute atomic E-state index is 0.106. The average Bonchev–Trinajstić information content (AvgIpc) is 2.88. The number of aromatic nitrogens is 1. The van der Waals surface area contributed by atoms with Crippen molar-refractivity contribution in [3.63, 3.8) is 0 Å². The summed E-state index contributed by atoms with van der Waals surface area (Å²) in [7, 11) is 0. The number of amides is 2. The van der Waals surface area contributed by atoms with Crippen molar-refractivity contribution >= 4 is 22.7 Å². The van der Waals surface area contributed by atoms with Crippen molar-refractivity contribution in [1.29, 1.82) is 0 Å². The van der Waals surface area contributed by atoms with Gasteiger partial charge in [-0.2, -0.15) is 0 Å². The Morgan fingerprint density at radius 1 is 1.00 bits per heavy atom. The monoisotopic (exact) mass is 351 g/mol. The Hall–Kier alpha value is -2.30. The summed E-state index contributed by atoms with van der Waals surface area (Å²) in [5, 5.41) is 1.12. The first kappa shape index (κ1) is 15.9. The summed E-state index contributed by atoms with van der Waals surface area (Å²) in [6.45, 7) is 2.31. The predicted octanol–water partition coefficient (Wildman–Crippen LogP) is 3.03. The number of benzene rings is 1. The molecule has 6 rings (SSSR count). The van der Waals surface area contributed by atoms with E-state index in [1.165, 1.54) is 6.42 Å². The normalized spacial score (nSPS) is 26.0. The number of piperidine rings is 1. The molecule has 2 atom stereocenters. The standard InChI is InChI=1S/C21H25N3O2/c25-20(16-2-1-3-16)23-11-14-4-7-18(13-23)24(12-14)21(26)17-6-5-15-8-9-22-19(15)10-17/h5-6,8-10,14,16,18,22H,1-4,7,11-13H2. The molecule has 1 aromatic heterocycles. The first-order chi connectivity index (χ1) is 12.7. The molecular formula is C21H25N3O2. The van der Waals surface area contributed by atoms with E-state index < -0.39 is 0 Å². The van der Waals surface area contributed by atoms with Gasteiger partial charge in [0.25, 0.3) is 5.91 Å². The highest BCUT2D eigenvalue weighted by atomic mass is 16.2. The van der Waals surface area contributed by atoms with Crippen LogP contribution < -0.4 is 0 Å². The number of carbonyl (C=O) groups is 2. The highest BCUT2D eigenvalue weighted by Crippen LogP contribution is 2.33. The zero-order valence-electron chi connectivity index (χ0n) is 15.0. The van der Waals surface area contributed by atoms with Crippen LogP contribution in [0.3, 0.4) is 0 Å². The summed E-state index contributed by atoms with van der Waals surface area (Å²) in [6, 6.07) is 8.05. The number of fused-ring (bicyclic) bond motifs is 5. The number of H-pyrrole nitrogens is 1. The topological polar surface area (TPSA) is 56.4 Å². The van der Waals surface area contributed by atoms with Gasteiger partial charge in [0, 0.05) is 48.9 Å². The van der Waals surface area contributed by atoms with E-state index in [0.717, 1.165) is 55.2 Å². The molecule has 5 nitrogen and oxygen atoms in total. The van der Waals surface area contributed by atoms with Crippen LogP contribution in [0.5, 0.6) is 0 Å². The second-order valence-corrected chi connectivity index (χ2v) is 8.21. The molecular weight excluding hydrogens is 326 g/mol. The maximum absolute atomic E-state index is 13.2. The molecule has 5 heteroatoms. The molecule has 2 amide bonds. The van der Waals surface area contributed by atoms with Gasteiger partial charge >= 0.3 is 0 Å². The molecule has 4 fully saturated rings. The molecule has 26 heavy (non-hydrogen) atoms. The molecule has 0 spiro atoms. The lowest BCUT2D eigenvalue weighted by Crippen LogP contribution is -2.48. The number of carbonyl (C=O) groups excluding carboxylic acids is 2. The molecule has 1 saturated carbocycles. The van der Waals surface area contributed by atoms with E-state index in [1.807, 2.05) is 35.4 Å². The molecule has 2 bridgehead atoms. The van der Waals surface area contributed by atoms with Crippen molar-refractivity contribution < 1.29 is 9.59 Å². The molecule has 3 saturated heterocycles. The lowest BCUT2D eigenvalue weighted by Gasteiger charge is -2.36. The maximum atomic E-state index is 13.2. The van der Waals surface area contributed by atoms with Gasteiger partial charge in [0.2, 0.25) is 5.91 Å². The van der Waals surface area contributed by atoms with Gasteiger partial charge in [0.05, 0.1) is 0 Å². The molecule has 136 valence electrons. The fourth-order valence-corrected chi connectivity index (χ4v) is 4.77. The SMILES string of the molecule is O=C(C1CCC1)N1CC2CCC(C1)N(C(=O)c1ccc3cc[nH]c3c1)C2. The molecule has 4 heterocycles. The quantitative estimate of drug-likeness (QED) is 0.904. The van der Waals surface area contributed by atoms with Gasteiger partial charge in [-0.25, -0.2) is 0 Å². The van der Waals surface area contributed by atoms with Gasteiger partial charge in [-0.1, -0.05) is 12.5 Å². The minimum atomic E-state index is 0.106. The molecule has 3 aliphatic heterocycles. The molecule has 1 N–H and O–H groups in total. The lowest BCUT2D eigenvalue weighted by molar-refractivity contribution is -0.138. The van der Waals surface area contributed by atoms with Gasteiger partial charge in [0.15, 0.2) is 0 Å². The number of nitrogens with zero attached hydrogens (tertiary/aromatic N) is 2. The summed E-state index contributed by atoms with van der Waals surface area (Å²) < 4.78 is 0. The Kier molecular flexibility index (Phi) is 3.76. The van der Waals surface area contributed by atoms with Crippen LogP contribution in [-0.4, -0.2) is 52.3 Å².